The second kappa shape index (κ2) is 8.77. The zero-order valence-corrected chi connectivity index (χ0v) is 14.1. The molecular formula is C17H23ClN2O3. The number of alkyl halides is 1. The Kier molecular flexibility index (Phi) is 6.71. The molecule has 0 aromatic heterocycles. The molecule has 23 heavy (non-hydrogen) atoms. The number of hydrogen-bond donors (Lipinski definition) is 1. The third kappa shape index (κ3) is 5.13. The van der Waals surface area contributed by atoms with Gasteiger partial charge in [0.05, 0.1) is 6.61 Å². The Morgan fingerprint density at radius 2 is 1.91 bits per heavy atom. The number of likely N-dealkylation sites (tertiary alicyclic amines) is 1. The molecule has 5 nitrogen and oxygen atoms in total. The van der Waals surface area contributed by atoms with E-state index in [2.05, 4.69) is 5.32 Å². The molecule has 0 spiro atoms. The van der Waals surface area contributed by atoms with Gasteiger partial charge in [0.1, 0.15) is 5.75 Å². The van der Waals surface area contributed by atoms with E-state index in [4.69, 9.17) is 16.3 Å². The number of nitrogens with zero attached hydrogens (tertiary/aromatic N) is 1. The van der Waals surface area contributed by atoms with Gasteiger partial charge in [-0.05, 0) is 44.0 Å². The standard InChI is InChI=1S/C17H23ClN2O3/c1-2-23-15-5-3-13(4-6-15)17(22)20-11-8-14(9-12-20)19-16(21)7-10-18/h3-6,14H,2,7-12H2,1H3,(H,19,21). The highest BCUT2D eigenvalue weighted by atomic mass is 35.5. The molecule has 1 N–H and O–H groups in total. The molecule has 0 bridgehead atoms. The highest BCUT2D eigenvalue weighted by Gasteiger charge is 2.24. The Bertz CT molecular complexity index is 525. The van der Waals surface area contributed by atoms with Crippen LogP contribution >= 0.6 is 11.6 Å². The lowest BCUT2D eigenvalue weighted by Crippen LogP contribution is -2.46. The fourth-order valence-electron chi connectivity index (χ4n) is 2.66. The van der Waals surface area contributed by atoms with E-state index < -0.39 is 0 Å². The SMILES string of the molecule is CCOc1ccc(C(=O)N2CCC(NC(=O)CCCl)CC2)cc1. The summed E-state index contributed by atoms with van der Waals surface area (Å²) >= 11 is 5.55. The van der Waals surface area contributed by atoms with Crippen molar-refractivity contribution in [3.63, 3.8) is 0 Å². The molecule has 0 saturated carbocycles. The molecule has 0 atom stereocenters. The Balaban J connectivity index is 1.84. The van der Waals surface area contributed by atoms with Crippen LogP contribution in [0.25, 0.3) is 0 Å². The maximum absolute atomic E-state index is 12.5. The predicted molar refractivity (Wildman–Crippen MR) is 90.0 cm³/mol. The van der Waals surface area contributed by atoms with Crippen molar-refractivity contribution in [2.75, 3.05) is 25.6 Å². The zero-order chi connectivity index (χ0) is 16.7. The Morgan fingerprint density at radius 3 is 2.48 bits per heavy atom. The van der Waals surface area contributed by atoms with E-state index in [1.165, 1.54) is 0 Å². The smallest absolute Gasteiger partial charge is 0.253 e. The van der Waals surface area contributed by atoms with Crippen LogP contribution in [-0.4, -0.2) is 48.3 Å². The molecule has 126 valence electrons. The van der Waals surface area contributed by atoms with Gasteiger partial charge in [0.2, 0.25) is 5.91 Å². The summed E-state index contributed by atoms with van der Waals surface area (Å²) in [6.07, 6.45) is 1.89. The molecule has 1 fully saturated rings. The van der Waals surface area contributed by atoms with Crippen molar-refractivity contribution in [2.24, 2.45) is 0 Å². The van der Waals surface area contributed by atoms with Crippen molar-refractivity contribution in [3.05, 3.63) is 29.8 Å². The molecule has 0 unspecified atom stereocenters. The molecule has 0 aliphatic carbocycles. The second-order valence-corrected chi connectivity index (χ2v) is 5.91. The molecule has 1 aliphatic heterocycles. The number of nitrogens with one attached hydrogen (secondary N) is 1. The van der Waals surface area contributed by atoms with Gasteiger partial charge < -0.3 is 15.0 Å². The molecule has 2 rings (SSSR count). The summed E-state index contributed by atoms with van der Waals surface area (Å²) in [5.74, 6) is 1.11. The summed E-state index contributed by atoms with van der Waals surface area (Å²) in [5, 5.41) is 2.96. The fourth-order valence-corrected chi connectivity index (χ4v) is 2.83. The average Bonchev–Trinajstić information content (AvgIpc) is 2.56. The van der Waals surface area contributed by atoms with E-state index in [0.29, 0.717) is 37.6 Å². The third-order valence-corrected chi connectivity index (χ3v) is 4.07. The number of hydrogen-bond acceptors (Lipinski definition) is 3. The van der Waals surface area contributed by atoms with Crippen molar-refractivity contribution < 1.29 is 14.3 Å². The molecule has 2 amide bonds. The summed E-state index contributed by atoms with van der Waals surface area (Å²) in [7, 11) is 0. The van der Waals surface area contributed by atoms with Crippen LogP contribution in [0.15, 0.2) is 24.3 Å². The molecule has 1 aliphatic rings. The van der Waals surface area contributed by atoms with E-state index >= 15 is 0 Å². The second-order valence-electron chi connectivity index (χ2n) is 5.53. The first-order valence-corrected chi connectivity index (χ1v) is 8.55. The number of carbonyl (C=O) groups excluding carboxylic acids is 2. The molecule has 1 aromatic carbocycles. The highest BCUT2D eigenvalue weighted by molar-refractivity contribution is 6.18. The maximum atomic E-state index is 12.5. The van der Waals surface area contributed by atoms with Crippen molar-refractivity contribution in [1.82, 2.24) is 10.2 Å². The van der Waals surface area contributed by atoms with E-state index in [9.17, 15) is 9.59 Å². The normalized spacial score (nSPS) is 15.3. The van der Waals surface area contributed by atoms with Crippen LogP contribution in [0.5, 0.6) is 5.75 Å². The zero-order valence-electron chi connectivity index (χ0n) is 13.4. The van der Waals surface area contributed by atoms with E-state index in [-0.39, 0.29) is 17.9 Å². The molecular weight excluding hydrogens is 316 g/mol. The van der Waals surface area contributed by atoms with E-state index in [1.807, 2.05) is 24.0 Å². The quantitative estimate of drug-likeness (QED) is 0.810. The van der Waals surface area contributed by atoms with Gasteiger partial charge in [-0.3, -0.25) is 9.59 Å². The van der Waals surface area contributed by atoms with Gasteiger partial charge in [-0.1, -0.05) is 0 Å². The predicted octanol–water partition coefficient (Wildman–Crippen LogP) is 2.44. The number of halogens is 1. The summed E-state index contributed by atoms with van der Waals surface area (Å²) < 4.78 is 5.38. The minimum Gasteiger partial charge on any atom is -0.494 e. The number of amides is 2. The van der Waals surface area contributed by atoms with E-state index in [1.54, 1.807) is 12.1 Å². The number of benzene rings is 1. The lowest BCUT2D eigenvalue weighted by molar-refractivity contribution is -0.121. The molecule has 1 aromatic rings. The van der Waals surface area contributed by atoms with Crippen LogP contribution in [0.4, 0.5) is 0 Å². The Labute approximate surface area is 141 Å². The molecule has 6 heteroatoms. The number of rotatable bonds is 6. The average molecular weight is 339 g/mol. The molecule has 1 saturated heterocycles. The van der Waals surface area contributed by atoms with Gasteiger partial charge in [-0.15, -0.1) is 11.6 Å². The number of ether oxygens (including phenoxy) is 1. The van der Waals surface area contributed by atoms with Gasteiger partial charge in [-0.25, -0.2) is 0 Å². The van der Waals surface area contributed by atoms with Gasteiger partial charge >= 0.3 is 0 Å². The van der Waals surface area contributed by atoms with Crippen molar-refractivity contribution in [3.8, 4) is 5.75 Å². The monoisotopic (exact) mass is 338 g/mol. The van der Waals surface area contributed by atoms with Crippen molar-refractivity contribution >= 4 is 23.4 Å². The lowest BCUT2D eigenvalue weighted by atomic mass is 10.0. The first-order valence-electron chi connectivity index (χ1n) is 8.01. The van der Waals surface area contributed by atoms with Crippen LogP contribution in [0.1, 0.15) is 36.5 Å². The van der Waals surface area contributed by atoms with Crippen molar-refractivity contribution in [1.29, 1.82) is 0 Å². The van der Waals surface area contributed by atoms with Gasteiger partial charge in [0.15, 0.2) is 0 Å². The first kappa shape index (κ1) is 17.6. The highest BCUT2D eigenvalue weighted by Crippen LogP contribution is 2.17. The van der Waals surface area contributed by atoms with Gasteiger partial charge in [0.25, 0.3) is 5.91 Å². The lowest BCUT2D eigenvalue weighted by Gasteiger charge is -2.32. The minimum absolute atomic E-state index is 0.0173. The summed E-state index contributed by atoms with van der Waals surface area (Å²) in [6, 6.07) is 7.35. The van der Waals surface area contributed by atoms with Gasteiger partial charge in [-0.2, -0.15) is 0 Å². The minimum atomic E-state index is -0.0173. The Hall–Kier alpha value is -1.75. The fraction of sp³-hybridized carbons (Fsp3) is 0.529. The molecule has 0 radical (unpaired) electrons. The van der Waals surface area contributed by atoms with Crippen LogP contribution in [0, 0.1) is 0 Å². The van der Waals surface area contributed by atoms with Gasteiger partial charge in [0, 0.05) is 37.0 Å². The van der Waals surface area contributed by atoms with Crippen LogP contribution in [-0.2, 0) is 4.79 Å². The third-order valence-electron chi connectivity index (χ3n) is 3.88. The number of piperidine rings is 1. The Morgan fingerprint density at radius 1 is 1.26 bits per heavy atom. The topological polar surface area (TPSA) is 58.6 Å². The van der Waals surface area contributed by atoms with Crippen molar-refractivity contribution in [2.45, 2.75) is 32.2 Å². The summed E-state index contributed by atoms with van der Waals surface area (Å²) in [4.78, 5) is 25.9. The van der Waals surface area contributed by atoms with Crippen LogP contribution in [0.2, 0.25) is 0 Å². The number of carbonyl (C=O) groups is 2. The van der Waals surface area contributed by atoms with Crippen LogP contribution < -0.4 is 10.1 Å². The summed E-state index contributed by atoms with van der Waals surface area (Å²) in [6.45, 7) is 3.83. The molecule has 1 heterocycles. The summed E-state index contributed by atoms with van der Waals surface area (Å²) in [5.41, 5.74) is 0.665. The first-order chi connectivity index (χ1) is 11.1. The largest absolute Gasteiger partial charge is 0.494 e. The maximum Gasteiger partial charge on any atom is 0.253 e. The van der Waals surface area contributed by atoms with E-state index in [0.717, 1.165) is 18.6 Å². The van der Waals surface area contributed by atoms with Crippen LogP contribution in [0.3, 0.4) is 0 Å².